The maximum atomic E-state index is 12.1. The molecule has 0 radical (unpaired) electrons. The molecule has 0 bridgehead atoms. The van der Waals surface area contributed by atoms with E-state index >= 15 is 0 Å². The molecule has 0 saturated carbocycles. The molecule has 0 atom stereocenters. The topological polar surface area (TPSA) is 37.3 Å². The highest BCUT2D eigenvalue weighted by Crippen LogP contribution is 2.10. The number of hydrogen-bond donors (Lipinski definition) is 1. The summed E-state index contributed by atoms with van der Waals surface area (Å²) in [5.74, 6) is 0.250. The minimum Gasteiger partial charge on any atom is -0.341 e. The van der Waals surface area contributed by atoms with E-state index in [-0.39, 0.29) is 5.91 Å². The summed E-state index contributed by atoms with van der Waals surface area (Å²) in [6.07, 6.45) is 5.44. The molecule has 0 spiro atoms. The van der Waals surface area contributed by atoms with Gasteiger partial charge in [-0.3, -0.25) is 4.79 Å². The van der Waals surface area contributed by atoms with Crippen molar-refractivity contribution in [3.05, 3.63) is 24.0 Å². The summed E-state index contributed by atoms with van der Waals surface area (Å²) < 4.78 is 2.06. The Labute approximate surface area is 109 Å². The van der Waals surface area contributed by atoms with Gasteiger partial charge in [0, 0.05) is 31.5 Å². The van der Waals surface area contributed by atoms with Crippen LogP contribution in [0.5, 0.6) is 0 Å². The Hall–Kier alpha value is -1.29. The molecular formula is C14H23N3O. The van der Waals surface area contributed by atoms with Gasteiger partial charge in [-0.05, 0) is 37.9 Å². The van der Waals surface area contributed by atoms with Crippen LogP contribution in [0, 0.1) is 0 Å². The molecule has 2 rings (SSSR count). The summed E-state index contributed by atoms with van der Waals surface area (Å²) in [4.78, 5) is 14.1. The quantitative estimate of drug-likeness (QED) is 0.778. The lowest BCUT2D eigenvalue weighted by atomic mass is 10.4. The maximum absolute atomic E-state index is 12.1. The first-order chi connectivity index (χ1) is 8.81. The highest BCUT2D eigenvalue weighted by atomic mass is 16.2. The van der Waals surface area contributed by atoms with Gasteiger partial charge in [0.05, 0.1) is 0 Å². The molecule has 1 saturated heterocycles. The van der Waals surface area contributed by atoms with Gasteiger partial charge in [-0.25, -0.2) is 0 Å². The number of hydrogen-bond acceptors (Lipinski definition) is 2. The van der Waals surface area contributed by atoms with Crippen molar-refractivity contribution < 1.29 is 4.79 Å². The van der Waals surface area contributed by atoms with E-state index in [4.69, 9.17) is 0 Å². The number of likely N-dealkylation sites (tertiary alicyclic amines) is 1. The van der Waals surface area contributed by atoms with Gasteiger partial charge in [-0.1, -0.05) is 6.92 Å². The molecule has 1 aliphatic rings. The number of amides is 1. The van der Waals surface area contributed by atoms with Crippen LogP contribution in [0.4, 0.5) is 0 Å². The summed E-state index contributed by atoms with van der Waals surface area (Å²) in [6, 6.07) is 4.10. The molecule has 18 heavy (non-hydrogen) atoms. The molecule has 0 unspecified atom stereocenters. The number of nitrogens with one attached hydrogen (secondary N) is 1. The Morgan fingerprint density at radius 3 is 2.89 bits per heavy atom. The van der Waals surface area contributed by atoms with Crippen LogP contribution in [-0.2, 0) is 17.9 Å². The normalized spacial score (nSPS) is 15.3. The second-order valence-corrected chi connectivity index (χ2v) is 4.89. The number of carbonyl (C=O) groups excluding carboxylic acids is 1. The third-order valence-electron chi connectivity index (χ3n) is 3.42. The highest BCUT2D eigenvalue weighted by Gasteiger charge is 2.18. The van der Waals surface area contributed by atoms with Crippen LogP contribution in [-0.4, -0.2) is 35.0 Å². The molecule has 2 heterocycles. The van der Waals surface area contributed by atoms with Gasteiger partial charge in [0.1, 0.15) is 6.54 Å². The number of aromatic nitrogens is 1. The fraction of sp³-hybridized carbons (Fsp3) is 0.643. The van der Waals surface area contributed by atoms with Crippen molar-refractivity contribution in [3.8, 4) is 0 Å². The van der Waals surface area contributed by atoms with Crippen molar-refractivity contribution >= 4 is 5.91 Å². The molecule has 1 amide bonds. The molecule has 100 valence electrons. The Morgan fingerprint density at radius 2 is 2.17 bits per heavy atom. The molecule has 4 nitrogen and oxygen atoms in total. The second kappa shape index (κ2) is 6.59. The smallest absolute Gasteiger partial charge is 0.242 e. The summed E-state index contributed by atoms with van der Waals surface area (Å²) in [5, 5.41) is 3.37. The lowest BCUT2D eigenvalue weighted by Crippen LogP contribution is -2.31. The van der Waals surface area contributed by atoms with E-state index in [0.717, 1.165) is 45.4 Å². The van der Waals surface area contributed by atoms with E-state index in [1.807, 2.05) is 17.2 Å². The van der Waals surface area contributed by atoms with Gasteiger partial charge < -0.3 is 14.8 Å². The van der Waals surface area contributed by atoms with Crippen LogP contribution in [0.3, 0.4) is 0 Å². The van der Waals surface area contributed by atoms with Crippen LogP contribution in [0.2, 0.25) is 0 Å². The monoisotopic (exact) mass is 249 g/mol. The number of rotatable bonds is 6. The molecule has 0 aliphatic carbocycles. The summed E-state index contributed by atoms with van der Waals surface area (Å²) in [7, 11) is 0. The Kier molecular flexibility index (Phi) is 4.81. The van der Waals surface area contributed by atoms with E-state index in [9.17, 15) is 4.79 Å². The van der Waals surface area contributed by atoms with Gasteiger partial charge in [-0.15, -0.1) is 0 Å². The summed E-state index contributed by atoms with van der Waals surface area (Å²) in [5.41, 5.74) is 1.19. The zero-order valence-electron chi connectivity index (χ0n) is 11.2. The summed E-state index contributed by atoms with van der Waals surface area (Å²) >= 11 is 0. The Bertz CT molecular complexity index is 380. The van der Waals surface area contributed by atoms with Gasteiger partial charge in [0.2, 0.25) is 5.91 Å². The van der Waals surface area contributed by atoms with Crippen molar-refractivity contribution in [1.82, 2.24) is 14.8 Å². The average molecular weight is 249 g/mol. The highest BCUT2D eigenvalue weighted by molar-refractivity contribution is 5.76. The predicted octanol–water partition coefficient (Wildman–Crippen LogP) is 1.61. The van der Waals surface area contributed by atoms with E-state index in [0.29, 0.717) is 6.54 Å². The second-order valence-electron chi connectivity index (χ2n) is 4.89. The van der Waals surface area contributed by atoms with Crippen molar-refractivity contribution in [3.63, 3.8) is 0 Å². The number of nitrogens with zero attached hydrogens (tertiary/aromatic N) is 2. The Balaban J connectivity index is 1.88. The maximum Gasteiger partial charge on any atom is 0.242 e. The van der Waals surface area contributed by atoms with Gasteiger partial charge in [-0.2, -0.15) is 0 Å². The molecule has 0 aromatic carbocycles. The largest absolute Gasteiger partial charge is 0.341 e. The lowest BCUT2D eigenvalue weighted by Gasteiger charge is -2.17. The zero-order valence-corrected chi connectivity index (χ0v) is 11.2. The van der Waals surface area contributed by atoms with Crippen molar-refractivity contribution in [1.29, 1.82) is 0 Å². The standard InChI is InChI=1S/C14H23N3O/c1-2-7-15-11-13-6-5-10-17(13)12-14(18)16-8-3-4-9-16/h5-6,10,15H,2-4,7-9,11-12H2,1H3. The minimum absolute atomic E-state index is 0.250. The van der Waals surface area contributed by atoms with Gasteiger partial charge in [0.15, 0.2) is 0 Å². The van der Waals surface area contributed by atoms with Gasteiger partial charge >= 0.3 is 0 Å². The zero-order chi connectivity index (χ0) is 12.8. The Morgan fingerprint density at radius 1 is 1.39 bits per heavy atom. The van der Waals surface area contributed by atoms with Crippen molar-refractivity contribution in [2.45, 2.75) is 39.3 Å². The van der Waals surface area contributed by atoms with Crippen LogP contribution in [0.25, 0.3) is 0 Å². The van der Waals surface area contributed by atoms with Crippen LogP contribution in [0.15, 0.2) is 18.3 Å². The van der Waals surface area contributed by atoms with Crippen LogP contribution < -0.4 is 5.32 Å². The fourth-order valence-corrected chi connectivity index (χ4v) is 2.37. The molecule has 1 aromatic rings. The summed E-state index contributed by atoms with van der Waals surface area (Å²) in [6.45, 7) is 6.37. The van der Waals surface area contributed by atoms with E-state index in [1.54, 1.807) is 0 Å². The molecule has 1 fully saturated rings. The third-order valence-corrected chi connectivity index (χ3v) is 3.42. The lowest BCUT2D eigenvalue weighted by molar-refractivity contribution is -0.130. The first-order valence-electron chi connectivity index (χ1n) is 6.93. The van der Waals surface area contributed by atoms with Gasteiger partial charge in [0.25, 0.3) is 0 Å². The van der Waals surface area contributed by atoms with Crippen LogP contribution >= 0.6 is 0 Å². The van der Waals surface area contributed by atoms with E-state index < -0.39 is 0 Å². The minimum atomic E-state index is 0.250. The average Bonchev–Trinajstić information content (AvgIpc) is 3.01. The SMILES string of the molecule is CCCNCc1cccn1CC(=O)N1CCCC1. The third kappa shape index (κ3) is 3.35. The van der Waals surface area contributed by atoms with E-state index in [2.05, 4.69) is 22.9 Å². The van der Waals surface area contributed by atoms with Crippen molar-refractivity contribution in [2.75, 3.05) is 19.6 Å². The molecule has 1 N–H and O–H groups in total. The molecule has 4 heteroatoms. The van der Waals surface area contributed by atoms with Crippen molar-refractivity contribution in [2.24, 2.45) is 0 Å². The molecular weight excluding hydrogens is 226 g/mol. The number of carbonyl (C=O) groups is 1. The predicted molar refractivity (Wildman–Crippen MR) is 72.2 cm³/mol. The first kappa shape index (κ1) is 13.1. The molecule has 1 aliphatic heterocycles. The van der Waals surface area contributed by atoms with Crippen LogP contribution in [0.1, 0.15) is 31.9 Å². The molecule has 1 aromatic heterocycles. The first-order valence-corrected chi connectivity index (χ1v) is 6.93. The fourth-order valence-electron chi connectivity index (χ4n) is 2.37. The van der Waals surface area contributed by atoms with E-state index in [1.165, 1.54) is 5.69 Å².